The molecule has 2 aliphatic rings. The minimum atomic E-state index is 0.220. The molecule has 7 heteroatoms. The van der Waals surface area contributed by atoms with E-state index in [0.29, 0.717) is 56.8 Å². The van der Waals surface area contributed by atoms with Crippen molar-refractivity contribution in [3.63, 3.8) is 0 Å². The van der Waals surface area contributed by atoms with Crippen LogP contribution < -0.4 is 5.32 Å². The van der Waals surface area contributed by atoms with Crippen LogP contribution in [0.2, 0.25) is 0 Å². The summed E-state index contributed by atoms with van der Waals surface area (Å²) in [5.41, 5.74) is 0. The Labute approximate surface area is 196 Å². The van der Waals surface area contributed by atoms with E-state index in [4.69, 9.17) is 4.99 Å². The van der Waals surface area contributed by atoms with Gasteiger partial charge in [0.25, 0.3) is 0 Å². The monoisotopic (exact) mass is 449 g/mol. The number of nitrogens with zero attached hydrogens (tertiary/aromatic N) is 4. The minimum Gasteiger partial charge on any atom is -0.357 e. The highest BCUT2D eigenvalue weighted by atomic mass is 16.2. The zero-order chi connectivity index (χ0) is 23.5. The van der Waals surface area contributed by atoms with Crippen LogP contribution >= 0.6 is 0 Å². The second kappa shape index (κ2) is 13.7. The van der Waals surface area contributed by atoms with Crippen molar-refractivity contribution < 1.29 is 9.59 Å². The molecule has 2 saturated heterocycles. The Kier molecular flexibility index (Phi) is 11.3. The summed E-state index contributed by atoms with van der Waals surface area (Å²) in [4.78, 5) is 35.8. The van der Waals surface area contributed by atoms with E-state index in [1.54, 1.807) is 0 Å². The van der Waals surface area contributed by atoms with Crippen molar-refractivity contribution in [1.29, 1.82) is 0 Å². The number of carbonyl (C=O) groups excluding carboxylic acids is 2. The number of nitrogens with one attached hydrogen (secondary N) is 1. The Bertz CT molecular complexity index is 603. The van der Waals surface area contributed by atoms with Crippen LogP contribution in [-0.2, 0) is 9.59 Å². The Hall–Kier alpha value is -1.79. The number of carbonyl (C=O) groups is 2. The Morgan fingerprint density at radius 1 is 0.906 bits per heavy atom. The number of aliphatic imine (C=N–C) groups is 1. The molecule has 1 N–H and O–H groups in total. The summed E-state index contributed by atoms with van der Waals surface area (Å²) >= 11 is 0. The molecule has 0 spiro atoms. The van der Waals surface area contributed by atoms with Crippen LogP contribution in [0.3, 0.4) is 0 Å². The number of guanidine groups is 1. The highest BCUT2D eigenvalue weighted by Gasteiger charge is 2.25. The maximum atomic E-state index is 12.5. The van der Waals surface area contributed by atoms with Crippen LogP contribution in [-0.4, -0.2) is 84.8 Å². The van der Waals surface area contributed by atoms with Crippen molar-refractivity contribution in [3.8, 4) is 0 Å². The molecule has 0 aromatic rings. The second-order valence-electron chi connectivity index (χ2n) is 10.3. The van der Waals surface area contributed by atoms with Crippen LogP contribution in [0.25, 0.3) is 0 Å². The van der Waals surface area contributed by atoms with Crippen molar-refractivity contribution in [2.24, 2.45) is 22.7 Å². The molecule has 2 amide bonds. The Morgan fingerprint density at radius 2 is 1.50 bits per heavy atom. The van der Waals surface area contributed by atoms with E-state index in [0.717, 1.165) is 51.4 Å². The highest BCUT2D eigenvalue weighted by molar-refractivity contribution is 5.80. The van der Waals surface area contributed by atoms with Gasteiger partial charge in [-0.2, -0.15) is 0 Å². The normalized spacial score (nSPS) is 22.4. The smallest absolute Gasteiger partial charge is 0.222 e. The van der Waals surface area contributed by atoms with Crippen molar-refractivity contribution in [2.75, 3.05) is 52.4 Å². The molecule has 0 aromatic heterocycles. The molecule has 2 atom stereocenters. The summed E-state index contributed by atoms with van der Waals surface area (Å²) in [6.07, 6.45) is 5.45. The average Bonchev–Trinajstić information content (AvgIpc) is 2.74. The number of rotatable bonds is 9. The lowest BCUT2D eigenvalue weighted by molar-refractivity contribution is -0.140. The summed E-state index contributed by atoms with van der Waals surface area (Å²) in [6.45, 7) is 17.5. The first-order valence-electron chi connectivity index (χ1n) is 12.9. The van der Waals surface area contributed by atoms with Gasteiger partial charge in [-0.25, -0.2) is 0 Å². The van der Waals surface area contributed by atoms with Gasteiger partial charge in [-0.15, -0.1) is 0 Å². The number of piperazine rings is 1. The zero-order valence-corrected chi connectivity index (χ0v) is 21.2. The lowest BCUT2D eigenvalue weighted by Gasteiger charge is -2.37. The molecule has 0 saturated carbocycles. The van der Waals surface area contributed by atoms with Gasteiger partial charge in [0.1, 0.15) is 0 Å². The summed E-state index contributed by atoms with van der Waals surface area (Å²) in [5.74, 6) is 3.30. The van der Waals surface area contributed by atoms with E-state index < -0.39 is 0 Å². The fourth-order valence-corrected chi connectivity index (χ4v) is 4.85. The average molecular weight is 450 g/mol. The topological polar surface area (TPSA) is 68.2 Å². The maximum Gasteiger partial charge on any atom is 0.222 e. The summed E-state index contributed by atoms with van der Waals surface area (Å²) in [6, 6.07) is 0. The molecule has 184 valence electrons. The van der Waals surface area contributed by atoms with Gasteiger partial charge < -0.3 is 20.0 Å². The number of likely N-dealkylation sites (tertiary alicyclic amines) is 1. The van der Waals surface area contributed by atoms with Crippen LogP contribution in [0.5, 0.6) is 0 Å². The molecule has 0 aromatic carbocycles. The zero-order valence-electron chi connectivity index (χ0n) is 21.2. The van der Waals surface area contributed by atoms with Gasteiger partial charge in [0, 0.05) is 65.2 Å². The van der Waals surface area contributed by atoms with E-state index in [1.807, 2.05) is 9.80 Å². The van der Waals surface area contributed by atoms with E-state index >= 15 is 0 Å². The summed E-state index contributed by atoms with van der Waals surface area (Å²) in [7, 11) is 0. The van der Waals surface area contributed by atoms with Crippen molar-refractivity contribution in [1.82, 2.24) is 20.0 Å². The summed E-state index contributed by atoms with van der Waals surface area (Å²) < 4.78 is 0. The van der Waals surface area contributed by atoms with Gasteiger partial charge in [0.2, 0.25) is 11.8 Å². The second-order valence-corrected chi connectivity index (χ2v) is 10.3. The predicted molar refractivity (Wildman–Crippen MR) is 132 cm³/mol. The molecule has 0 bridgehead atoms. The molecule has 32 heavy (non-hydrogen) atoms. The number of amides is 2. The van der Waals surface area contributed by atoms with Gasteiger partial charge in [-0.1, -0.05) is 34.1 Å². The Balaban J connectivity index is 1.64. The molecule has 2 aliphatic heterocycles. The molecule has 2 rings (SSSR count). The van der Waals surface area contributed by atoms with Gasteiger partial charge >= 0.3 is 0 Å². The third-order valence-electron chi connectivity index (χ3n) is 6.38. The minimum absolute atomic E-state index is 0.220. The number of piperidine rings is 1. The maximum absolute atomic E-state index is 12.5. The molecule has 2 unspecified atom stereocenters. The van der Waals surface area contributed by atoms with Gasteiger partial charge in [-0.05, 0) is 43.9 Å². The van der Waals surface area contributed by atoms with Crippen molar-refractivity contribution >= 4 is 17.8 Å². The third kappa shape index (κ3) is 8.99. The number of hydrogen-bond donors (Lipinski definition) is 1. The molecule has 2 heterocycles. The standard InChI is InChI=1S/C25H47N5O2/c1-6-26-25(30-18-21(4)17-22(5)19-30)27-11-9-7-8-10-23(31)28-12-14-29(15-13-28)24(32)16-20(2)3/h20-22H,6-19H2,1-5H3,(H,26,27). The molecule has 7 nitrogen and oxygen atoms in total. The fraction of sp³-hybridized carbons (Fsp3) is 0.880. The molecule has 0 aliphatic carbocycles. The van der Waals surface area contributed by atoms with Crippen LogP contribution in [0, 0.1) is 17.8 Å². The van der Waals surface area contributed by atoms with E-state index in [9.17, 15) is 9.59 Å². The van der Waals surface area contributed by atoms with Gasteiger partial charge in [0.15, 0.2) is 5.96 Å². The first-order chi connectivity index (χ1) is 15.3. The highest BCUT2D eigenvalue weighted by Crippen LogP contribution is 2.21. The molecular formula is C25H47N5O2. The van der Waals surface area contributed by atoms with Crippen molar-refractivity contribution in [3.05, 3.63) is 0 Å². The predicted octanol–water partition coefficient (Wildman–Crippen LogP) is 3.21. The van der Waals surface area contributed by atoms with E-state index in [1.165, 1.54) is 6.42 Å². The number of unbranched alkanes of at least 4 members (excludes halogenated alkanes) is 2. The van der Waals surface area contributed by atoms with Crippen LogP contribution in [0.15, 0.2) is 4.99 Å². The molecule has 0 radical (unpaired) electrons. The fourth-order valence-electron chi connectivity index (χ4n) is 4.85. The SMILES string of the molecule is CCNC(=NCCCCCC(=O)N1CCN(C(=O)CC(C)C)CC1)N1CC(C)CC(C)C1. The van der Waals surface area contributed by atoms with Gasteiger partial charge in [-0.3, -0.25) is 14.6 Å². The quantitative estimate of drug-likeness (QED) is 0.333. The van der Waals surface area contributed by atoms with Crippen LogP contribution in [0.1, 0.15) is 73.1 Å². The first kappa shape index (κ1) is 26.5. The Morgan fingerprint density at radius 3 is 2.06 bits per heavy atom. The lowest BCUT2D eigenvalue weighted by atomic mass is 9.92. The largest absolute Gasteiger partial charge is 0.357 e. The molecular weight excluding hydrogens is 402 g/mol. The van der Waals surface area contributed by atoms with Crippen molar-refractivity contribution in [2.45, 2.75) is 73.1 Å². The van der Waals surface area contributed by atoms with Crippen LogP contribution in [0.4, 0.5) is 0 Å². The first-order valence-corrected chi connectivity index (χ1v) is 12.9. The third-order valence-corrected chi connectivity index (χ3v) is 6.38. The van der Waals surface area contributed by atoms with Gasteiger partial charge in [0.05, 0.1) is 0 Å². The lowest BCUT2D eigenvalue weighted by Crippen LogP contribution is -2.50. The molecule has 2 fully saturated rings. The summed E-state index contributed by atoms with van der Waals surface area (Å²) in [5, 5.41) is 3.45. The number of hydrogen-bond acceptors (Lipinski definition) is 3. The van der Waals surface area contributed by atoms with E-state index in [2.05, 4.69) is 44.8 Å². The van der Waals surface area contributed by atoms with E-state index in [-0.39, 0.29) is 11.8 Å².